The van der Waals surface area contributed by atoms with Gasteiger partial charge in [0, 0.05) is 26.7 Å². The van der Waals surface area contributed by atoms with Gasteiger partial charge in [0.05, 0.1) is 12.4 Å². The van der Waals surface area contributed by atoms with Gasteiger partial charge in [-0.25, -0.2) is 8.42 Å². The van der Waals surface area contributed by atoms with E-state index in [1.807, 2.05) is 38.1 Å². The minimum Gasteiger partial charge on any atom is -0.383 e. The Morgan fingerprint density at radius 3 is 2.62 bits per heavy atom. The zero-order chi connectivity index (χ0) is 15.9. The monoisotopic (exact) mass is 314 g/mol. The van der Waals surface area contributed by atoms with Gasteiger partial charge in [-0.2, -0.15) is 4.31 Å². The van der Waals surface area contributed by atoms with Crippen LogP contribution in [0.1, 0.15) is 25.0 Å². The van der Waals surface area contributed by atoms with Crippen molar-refractivity contribution < 1.29 is 13.2 Å². The number of nitrogens with one attached hydrogen (secondary N) is 1. The van der Waals surface area contributed by atoms with Crippen molar-refractivity contribution in [3.05, 3.63) is 35.4 Å². The molecule has 0 heterocycles. The first kappa shape index (κ1) is 18.1. The molecule has 0 amide bonds. The van der Waals surface area contributed by atoms with E-state index in [-0.39, 0.29) is 11.8 Å². The lowest BCUT2D eigenvalue weighted by atomic mass is 10.1. The van der Waals surface area contributed by atoms with Gasteiger partial charge in [-0.15, -0.1) is 0 Å². The van der Waals surface area contributed by atoms with Crippen LogP contribution < -0.4 is 5.32 Å². The lowest BCUT2D eigenvalue weighted by Gasteiger charge is -2.23. The highest BCUT2D eigenvalue weighted by atomic mass is 32.2. The van der Waals surface area contributed by atoms with E-state index in [2.05, 4.69) is 5.32 Å². The standard InChI is InChI=1S/C15H26N2O3S/c1-5-16-10-14-7-6-8-15(9-14)12-21(18,19)17(3)13(2)11-20-4/h6-9,13,16H,5,10-12H2,1-4H3. The zero-order valence-electron chi connectivity index (χ0n) is 13.3. The molecule has 0 fully saturated rings. The number of sulfonamides is 1. The number of methoxy groups -OCH3 is 1. The van der Waals surface area contributed by atoms with Crippen LogP contribution in [0.15, 0.2) is 24.3 Å². The molecule has 1 N–H and O–H groups in total. The smallest absolute Gasteiger partial charge is 0.218 e. The summed E-state index contributed by atoms with van der Waals surface area (Å²) in [7, 11) is -0.170. The second kappa shape index (κ2) is 8.48. The van der Waals surface area contributed by atoms with Gasteiger partial charge >= 0.3 is 0 Å². The van der Waals surface area contributed by atoms with Crippen molar-refractivity contribution in [2.24, 2.45) is 0 Å². The second-order valence-corrected chi connectivity index (χ2v) is 7.21. The van der Waals surface area contributed by atoms with Crippen molar-refractivity contribution in [1.82, 2.24) is 9.62 Å². The fraction of sp³-hybridized carbons (Fsp3) is 0.600. The molecule has 21 heavy (non-hydrogen) atoms. The van der Waals surface area contributed by atoms with Gasteiger partial charge in [0.2, 0.25) is 10.0 Å². The predicted octanol–water partition coefficient (Wildman–Crippen LogP) is 1.59. The van der Waals surface area contributed by atoms with Crippen molar-refractivity contribution in [3.8, 4) is 0 Å². The fourth-order valence-electron chi connectivity index (χ4n) is 2.03. The number of hydrogen-bond acceptors (Lipinski definition) is 4. The molecule has 1 rings (SSSR count). The molecule has 5 nitrogen and oxygen atoms in total. The van der Waals surface area contributed by atoms with Crippen molar-refractivity contribution in [2.45, 2.75) is 32.2 Å². The van der Waals surface area contributed by atoms with E-state index in [0.29, 0.717) is 6.61 Å². The minimum absolute atomic E-state index is 0.0114. The molecular weight excluding hydrogens is 288 g/mol. The van der Waals surface area contributed by atoms with Crippen LogP contribution in [0.3, 0.4) is 0 Å². The Morgan fingerprint density at radius 1 is 1.33 bits per heavy atom. The summed E-state index contributed by atoms with van der Waals surface area (Å²) in [6.07, 6.45) is 0. The van der Waals surface area contributed by atoms with E-state index in [0.717, 1.165) is 24.2 Å². The van der Waals surface area contributed by atoms with E-state index in [4.69, 9.17) is 4.74 Å². The van der Waals surface area contributed by atoms with E-state index in [9.17, 15) is 8.42 Å². The maximum absolute atomic E-state index is 12.4. The maximum atomic E-state index is 12.4. The summed E-state index contributed by atoms with van der Waals surface area (Å²) in [6, 6.07) is 7.51. The molecule has 1 aromatic rings. The Hall–Kier alpha value is -0.950. The number of ether oxygens (including phenoxy) is 1. The van der Waals surface area contributed by atoms with Crippen LogP contribution in [-0.2, 0) is 27.1 Å². The minimum atomic E-state index is -3.34. The third kappa shape index (κ3) is 5.74. The van der Waals surface area contributed by atoms with Gasteiger partial charge in [-0.3, -0.25) is 0 Å². The molecule has 0 spiro atoms. The van der Waals surface area contributed by atoms with Crippen molar-refractivity contribution >= 4 is 10.0 Å². The van der Waals surface area contributed by atoms with Gasteiger partial charge in [-0.1, -0.05) is 31.2 Å². The molecule has 1 unspecified atom stereocenters. The molecule has 1 aromatic carbocycles. The number of likely N-dealkylation sites (N-methyl/N-ethyl adjacent to an activating group) is 1. The van der Waals surface area contributed by atoms with Gasteiger partial charge in [0.15, 0.2) is 0 Å². The Morgan fingerprint density at radius 2 is 2.00 bits per heavy atom. The highest BCUT2D eigenvalue weighted by Crippen LogP contribution is 2.14. The van der Waals surface area contributed by atoms with Crippen LogP contribution in [0.2, 0.25) is 0 Å². The van der Waals surface area contributed by atoms with Crippen molar-refractivity contribution in [3.63, 3.8) is 0 Å². The summed E-state index contributed by atoms with van der Waals surface area (Å²) in [5.74, 6) is 0.0114. The van der Waals surface area contributed by atoms with E-state index in [1.54, 1.807) is 14.2 Å². The Balaban J connectivity index is 2.79. The molecule has 0 aliphatic rings. The van der Waals surface area contributed by atoms with E-state index < -0.39 is 10.0 Å². The molecule has 0 saturated heterocycles. The highest BCUT2D eigenvalue weighted by Gasteiger charge is 2.23. The quantitative estimate of drug-likeness (QED) is 0.752. The van der Waals surface area contributed by atoms with Gasteiger partial charge in [-0.05, 0) is 24.6 Å². The van der Waals surface area contributed by atoms with Crippen molar-refractivity contribution in [2.75, 3.05) is 27.3 Å². The van der Waals surface area contributed by atoms with E-state index in [1.165, 1.54) is 4.31 Å². The number of benzene rings is 1. The largest absolute Gasteiger partial charge is 0.383 e. The fourth-order valence-corrected chi connectivity index (χ4v) is 3.45. The molecule has 0 aliphatic heterocycles. The van der Waals surface area contributed by atoms with Crippen LogP contribution >= 0.6 is 0 Å². The molecule has 0 bridgehead atoms. The molecule has 1 atom stereocenters. The molecule has 6 heteroatoms. The molecule has 0 radical (unpaired) electrons. The van der Waals surface area contributed by atoms with Crippen LogP contribution in [0.5, 0.6) is 0 Å². The first-order valence-corrected chi connectivity index (χ1v) is 8.74. The first-order chi connectivity index (χ1) is 9.90. The molecular formula is C15H26N2O3S. The second-order valence-electron chi connectivity index (χ2n) is 5.18. The summed E-state index contributed by atoms with van der Waals surface area (Å²) in [5.41, 5.74) is 1.90. The third-order valence-corrected chi connectivity index (χ3v) is 5.32. The summed E-state index contributed by atoms with van der Waals surface area (Å²) in [5, 5.41) is 3.24. The Kier molecular flexibility index (Phi) is 7.31. The molecule has 0 aromatic heterocycles. The first-order valence-electron chi connectivity index (χ1n) is 7.14. The number of nitrogens with zero attached hydrogens (tertiary/aromatic N) is 1. The lowest BCUT2D eigenvalue weighted by molar-refractivity contribution is 0.149. The van der Waals surface area contributed by atoms with Crippen LogP contribution in [0.4, 0.5) is 0 Å². The third-order valence-electron chi connectivity index (χ3n) is 3.39. The molecule has 0 aliphatic carbocycles. The Labute approximate surface area is 128 Å². The molecule has 120 valence electrons. The average molecular weight is 314 g/mol. The van der Waals surface area contributed by atoms with Crippen LogP contribution in [-0.4, -0.2) is 46.1 Å². The maximum Gasteiger partial charge on any atom is 0.218 e. The number of hydrogen-bond donors (Lipinski definition) is 1. The normalized spacial score (nSPS) is 13.6. The molecule has 0 saturated carbocycles. The topological polar surface area (TPSA) is 58.6 Å². The lowest BCUT2D eigenvalue weighted by Crippen LogP contribution is -2.38. The summed E-state index contributed by atoms with van der Waals surface area (Å²) < 4.78 is 31.2. The van der Waals surface area contributed by atoms with Crippen LogP contribution in [0, 0.1) is 0 Å². The summed E-state index contributed by atoms with van der Waals surface area (Å²) in [4.78, 5) is 0. The van der Waals surface area contributed by atoms with Gasteiger partial charge in [0.25, 0.3) is 0 Å². The Bertz CT molecular complexity index is 531. The summed E-state index contributed by atoms with van der Waals surface area (Å²) >= 11 is 0. The average Bonchev–Trinajstić information content (AvgIpc) is 2.44. The highest BCUT2D eigenvalue weighted by molar-refractivity contribution is 7.88. The van der Waals surface area contributed by atoms with Crippen molar-refractivity contribution in [1.29, 1.82) is 0 Å². The predicted molar refractivity (Wildman–Crippen MR) is 85.5 cm³/mol. The van der Waals surface area contributed by atoms with Gasteiger partial charge < -0.3 is 10.1 Å². The zero-order valence-corrected chi connectivity index (χ0v) is 14.1. The SMILES string of the molecule is CCNCc1cccc(CS(=O)(=O)N(C)C(C)COC)c1. The van der Waals surface area contributed by atoms with E-state index >= 15 is 0 Å². The summed E-state index contributed by atoms with van der Waals surface area (Å²) in [6.45, 7) is 5.90. The van der Waals surface area contributed by atoms with Gasteiger partial charge in [0.1, 0.15) is 0 Å². The van der Waals surface area contributed by atoms with Crippen LogP contribution in [0.25, 0.3) is 0 Å². The number of rotatable bonds is 9.